The van der Waals surface area contributed by atoms with Crippen molar-refractivity contribution >= 4 is 21.9 Å². The van der Waals surface area contributed by atoms with E-state index in [9.17, 15) is 0 Å². The van der Waals surface area contributed by atoms with Crippen LogP contribution in [0.4, 0.5) is 0 Å². The molecule has 2 aromatic rings. The highest BCUT2D eigenvalue weighted by Gasteiger charge is 2.03. The number of aliphatic imine (C=N–C) groups is 1. The van der Waals surface area contributed by atoms with Crippen LogP contribution in [0.5, 0.6) is 0 Å². The molecule has 0 bridgehead atoms. The highest BCUT2D eigenvalue weighted by Crippen LogP contribution is 2.16. The van der Waals surface area contributed by atoms with E-state index in [4.69, 9.17) is 0 Å². The molecule has 0 saturated carbocycles. The molecule has 0 spiro atoms. The molecule has 0 fully saturated rings. The molecule has 0 amide bonds. The molecule has 7 heteroatoms. The molecular formula is C17H25BrN6. The van der Waals surface area contributed by atoms with Gasteiger partial charge in [0, 0.05) is 30.5 Å². The first-order valence-electron chi connectivity index (χ1n) is 8.28. The summed E-state index contributed by atoms with van der Waals surface area (Å²) < 4.78 is 3.16. The summed E-state index contributed by atoms with van der Waals surface area (Å²) in [5.74, 6) is 1.83. The van der Waals surface area contributed by atoms with Crippen molar-refractivity contribution in [3.05, 3.63) is 46.0 Å². The van der Waals surface area contributed by atoms with Crippen LogP contribution in [0, 0.1) is 6.92 Å². The summed E-state index contributed by atoms with van der Waals surface area (Å²) in [5.41, 5.74) is 2.46. The average Bonchev–Trinajstić information content (AvgIpc) is 3.01. The number of nitrogens with zero attached hydrogens (tertiary/aromatic N) is 4. The van der Waals surface area contributed by atoms with Gasteiger partial charge in [0.05, 0.1) is 6.54 Å². The highest BCUT2D eigenvalue weighted by molar-refractivity contribution is 9.10. The number of aromatic nitrogens is 3. The van der Waals surface area contributed by atoms with Crippen molar-refractivity contribution < 1.29 is 0 Å². The van der Waals surface area contributed by atoms with E-state index in [2.05, 4.69) is 85.3 Å². The van der Waals surface area contributed by atoms with Gasteiger partial charge in [-0.1, -0.05) is 28.9 Å². The van der Waals surface area contributed by atoms with Crippen LogP contribution in [0.1, 0.15) is 30.8 Å². The number of nitrogens with one attached hydrogen (secondary N) is 2. The Morgan fingerprint density at radius 1 is 1.29 bits per heavy atom. The van der Waals surface area contributed by atoms with Crippen molar-refractivity contribution in [2.45, 2.75) is 40.3 Å². The van der Waals surface area contributed by atoms with E-state index >= 15 is 0 Å². The predicted octanol–water partition coefficient (Wildman–Crippen LogP) is 2.67. The Morgan fingerprint density at radius 3 is 2.83 bits per heavy atom. The Morgan fingerprint density at radius 2 is 2.12 bits per heavy atom. The lowest BCUT2D eigenvalue weighted by Gasteiger charge is -2.12. The summed E-state index contributed by atoms with van der Waals surface area (Å²) in [6, 6.07) is 6.28. The molecular weight excluding hydrogens is 368 g/mol. The second-order valence-electron chi connectivity index (χ2n) is 5.49. The molecule has 6 nitrogen and oxygen atoms in total. The Hall–Kier alpha value is -1.89. The molecule has 24 heavy (non-hydrogen) atoms. The number of guanidine groups is 1. The van der Waals surface area contributed by atoms with Gasteiger partial charge in [0.2, 0.25) is 0 Å². The Labute approximate surface area is 151 Å². The lowest BCUT2D eigenvalue weighted by atomic mass is 10.1. The molecule has 0 aliphatic heterocycles. The van der Waals surface area contributed by atoms with Crippen molar-refractivity contribution in [1.29, 1.82) is 0 Å². The van der Waals surface area contributed by atoms with Gasteiger partial charge in [0.1, 0.15) is 12.2 Å². The van der Waals surface area contributed by atoms with E-state index in [-0.39, 0.29) is 0 Å². The fourth-order valence-electron chi connectivity index (χ4n) is 2.38. The van der Waals surface area contributed by atoms with Crippen molar-refractivity contribution in [2.24, 2.45) is 4.99 Å². The average molecular weight is 393 g/mol. The van der Waals surface area contributed by atoms with Crippen LogP contribution in [0.25, 0.3) is 0 Å². The fraction of sp³-hybridized carbons (Fsp3) is 0.471. The van der Waals surface area contributed by atoms with Crippen LogP contribution < -0.4 is 10.6 Å². The number of benzene rings is 1. The van der Waals surface area contributed by atoms with Crippen LogP contribution in [-0.4, -0.2) is 33.8 Å². The molecule has 1 heterocycles. The molecule has 2 N–H and O–H groups in total. The third kappa shape index (κ3) is 5.33. The normalized spacial score (nSPS) is 11.6. The number of hydrogen-bond donors (Lipinski definition) is 2. The number of hydrogen-bond acceptors (Lipinski definition) is 3. The molecule has 1 aromatic heterocycles. The van der Waals surface area contributed by atoms with Gasteiger partial charge >= 0.3 is 0 Å². The number of rotatable bonds is 7. The summed E-state index contributed by atoms with van der Waals surface area (Å²) in [7, 11) is 0. The molecule has 130 valence electrons. The zero-order chi connectivity index (χ0) is 17.4. The van der Waals surface area contributed by atoms with E-state index in [1.807, 2.05) is 0 Å². The molecule has 0 aliphatic carbocycles. The van der Waals surface area contributed by atoms with Crippen LogP contribution in [0.2, 0.25) is 0 Å². The van der Waals surface area contributed by atoms with E-state index in [0.29, 0.717) is 6.54 Å². The van der Waals surface area contributed by atoms with Crippen LogP contribution in [0.15, 0.2) is 34.0 Å². The molecule has 0 saturated heterocycles. The second-order valence-corrected chi connectivity index (χ2v) is 6.40. The molecule has 0 atom stereocenters. The van der Waals surface area contributed by atoms with Crippen molar-refractivity contribution in [1.82, 2.24) is 25.4 Å². The Bertz CT molecular complexity index is 679. The van der Waals surface area contributed by atoms with Gasteiger partial charge in [0.15, 0.2) is 5.96 Å². The number of aryl methyl sites for hydroxylation is 2. The summed E-state index contributed by atoms with van der Waals surface area (Å²) in [6.45, 7) is 9.33. The summed E-state index contributed by atoms with van der Waals surface area (Å²) >= 11 is 3.49. The summed E-state index contributed by atoms with van der Waals surface area (Å²) in [4.78, 5) is 4.67. The van der Waals surface area contributed by atoms with Crippen LogP contribution >= 0.6 is 15.9 Å². The molecule has 1 aromatic carbocycles. The van der Waals surface area contributed by atoms with Gasteiger partial charge in [-0.3, -0.25) is 0 Å². The standard InChI is InChI=1S/C17H25BrN6/c1-4-16-23-22-12-24(16)9-8-20-17(19-5-2)21-11-14-6-7-15(18)10-13(14)3/h6-7,10,12H,4-5,8-9,11H2,1-3H3,(H2,19,20,21). The summed E-state index contributed by atoms with van der Waals surface area (Å²) in [6.07, 6.45) is 2.66. The second kappa shape index (κ2) is 9.42. The third-order valence-corrected chi connectivity index (χ3v) is 4.21. The highest BCUT2D eigenvalue weighted by atomic mass is 79.9. The third-order valence-electron chi connectivity index (χ3n) is 3.71. The topological polar surface area (TPSA) is 67.1 Å². The molecule has 0 aliphatic rings. The lowest BCUT2D eigenvalue weighted by molar-refractivity contribution is 0.632. The Kier molecular flexibility index (Phi) is 7.24. The largest absolute Gasteiger partial charge is 0.357 e. The van der Waals surface area contributed by atoms with Crippen molar-refractivity contribution in [2.75, 3.05) is 13.1 Å². The van der Waals surface area contributed by atoms with Gasteiger partial charge in [0.25, 0.3) is 0 Å². The van der Waals surface area contributed by atoms with Crippen LogP contribution in [-0.2, 0) is 19.5 Å². The maximum absolute atomic E-state index is 4.67. The van der Waals surface area contributed by atoms with E-state index < -0.39 is 0 Å². The number of halogens is 1. The summed E-state index contributed by atoms with van der Waals surface area (Å²) in [5, 5.41) is 14.7. The van der Waals surface area contributed by atoms with Crippen LogP contribution in [0.3, 0.4) is 0 Å². The first-order valence-corrected chi connectivity index (χ1v) is 9.07. The van der Waals surface area contributed by atoms with E-state index in [1.165, 1.54) is 11.1 Å². The SMILES string of the molecule is CCNC(=NCc1ccc(Br)cc1C)NCCn1cnnc1CC. The minimum absolute atomic E-state index is 0.654. The maximum atomic E-state index is 4.67. The fourth-order valence-corrected chi connectivity index (χ4v) is 2.85. The maximum Gasteiger partial charge on any atom is 0.191 e. The Balaban J connectivity index is 1.93. The lowest BCUT2D eigenvalue weighted by Crippen LogP contribution is -2.39. The van der Waals surface area contributed by atoms with Gasteiger partial charge in [-0.15, -0.1) is 10.2 Å². The zero-order valence-electron chi connectivity index (χ0n) is 14.5. The first kappa shape index (κ1) is 18.4. The first-order chi connectivity index (χ1) is 11.6. The van der Waals surface area contributed by atoms with Gasteiger partial charge < -0.3 is 15.2 Å². The van der Waals surface area contributed by atoms with Gasteiger partial charge in [-0.05, 0) is 37.1 Å². The predicted molar refractivity (Wildman–Crippen MR) is 101 cm³/mol. The molecule has 2 rings (SSSR count). The minimum Gasteiger partial charge on any atom is -0.357 e. The molecule has 0 radical (unpaired) electrons. The van der Waals surface area contributed by atoms with Crippen molar-refractivity contribution in [3.8, 4) is 0 Å². The van der Waals surface area contributed by atoms with Crippen molar-refractivity contribution in [3.63, 3.8) is 0 Å². The van der Waals surface area contributed by atoms with Gasteiger partial charge in [-0.25, -0.2) is 4.99 Å². The molecule has 0 unspecified atom stereocenters. The monoisotopic (exact) mass is 392 g/mol. The van der Waals surface area contributed by atoms with E-state index in [1.54, 1.807) is 6.33 Å². The minimum atomic E-state index is 0.654. The van der Waals surface area contributed by atoms with E-state index in [0.717, 1.165) is 42.3 Å². The van der Waals surface area contributed by atoms with Gasteiger partial charge in [-0.2, -0.15) is 0 Å². The smallest absolute Gasteiger partial charge is 0.191 e. The zero-order valence-corrected chi connectivity index (χ0v) is 16.1. The quantitative estimate of drug-likeness (QED) is 0.561.